The predicted molar refractivity (Wildman–Crippen MR) is 98.1 cm³/mol. The van der Waals surface area contributed by atoms with Gasteiger partial charge in [0.25, 0.3) is 0 Å². The van der Waals surface area contributed by atoms with Crippen molar-refractivity contribution in [2.45, 2.75) is 45.2 Å². The monoisotopic (exact) mass is 334 g/mol. The summed E-state index contributed by atoms with van der Waals surface area (Å²) < 4.78 is 0. The van der Waals surface area contributed by atoms with Crippen LogP contribution in [0.5, 0.6) is 0 Å². The van der Waals surface area contributed by atoms with Crippen molar-refractivity contribution in [3.05, 3.63) is 53.3 Å². The molecule has 1 aliphatic rings. The zero-order valence-electron chi connectivity index (χ0n) is 14.5. The van der Waals surface area contributed by atoms with E-state index in [9.17, 15) is 4.79 Å². The van der Waals surface area contributed by atoms with Crippen molar-refractivity contribution in [3.8, 4) is 11.8 Å². The Labute approximate surface area is 148 Å². The molecule has 1 atom stereocenters. The molecule has 1 aromatic heterocycles. The second-order valence-corrected chi connectivity index (χ2v) is 6.47. The summed E-state index contributed by atoms with van der Waals surface area (Å²) in [7, 11) is 0. The molecular weight excluding hydrogens is 312 g/mol. The number of carbonyl (C=O) groups excluding carboxylic acids is 1. The van der Waals surface area contributed by atoms with Gasteiger partial charge in [0.05, 0.1) is 5.56 Å². The molecule has 1 amide bonds. The van der Waals surface area contributed by atoms with Gasteiger partial charge in [0.15, 0.2) is 0 Å². The topological polar surface area (TPSA) is 66.9 Å². The molecule has 1 heterocycles. The molecule has 1 aliphatic carbocycles. The van der Waals surface area contributed by atoms with Gasteiger partial charge in [-0.15, -0.1) is 0 Å². The van der Waals surface area contributed by atoms with E-state index in [1.54, 1.807) is 12.4 Å². The van der Waals surface area contributed by atoms with E-state index in [0.29, 0.717) is 12.0 Å². The third-order valence-electron chi connectivity index (χ3n) is 3.86. The highest BCUT2D eigenvalue weighted by Gasteiger charge is 2.21. The van der Waals surface area contributed by atoms with Crippen molar-refractivity contribution >= 4 is 11.9 Å². The van der Waals surface area contributed by atoms with Crippen molar-refractivity contribution in [1.29, 1.82) is 0 Å². The Kier molecular flexibility index (Phi) is 5.30. The van der Waals surface area contributed by atoms with Gasteiger partial charge < -0.3 is 10.6 Å². The van der Waals surface area contributed by atoms with Gasteiger partial charge in [-0.3, -0.25) is 4.79 Å². The van der Waals surface area contributed by atoms with Crippen molar-refractivity contribution in [1.82, 2.24) is 15.3 Å². The molecule has 0 spiro atoms. The molecule has 1 unspecified atom stereocenters. The highest BCUT2D eigenvalue weighted by atomic mass is 16.1. The quantitative estimate of drug-likeness (QED) is 0.825. The number of hydrogen-bond acceptors (Lipinski definition) is 4. The van der Waals surface area contributed by atoms with Gasteiger partial charge in [-0.1, -0.05) is 24.0 Å². The smallest absolute Gasteiger partial charge is 0.222 e. The second-order valence-electron chi connectivity index (χ2n) is 6.47. The lowest BCUT2D eigenvalue weighted by atomic mass is 10.1. The van der Waals surface area contributed by atoms with E-state index >= 15 is 0 Å². The molecule has 3 rings (SSSR count). The van der Waals surface area contributed by atoms with E-state index in [2.05, 4.69) is 32.4 Å². The molecule has 2 N–H and O–H groups in total. The minimum atomic E-state index is -0.00412. The number of benzene rings is 1. The molecule has 2 aromatic rings. The summed E-state index contributed by atoms with van der Waals surface area (Å²) in [6, 6.07) is 8.74. The average molecular weight is 334 g/mol. The molecule has 1 fully saturated rings. The van der Waals surface area contributed by atoms with Crippen LogP contribution in [0.2, 0.25) is 0 Å². The fourth-order valence-electron chi connectivity index (χ4n) is 2.50. The van der Waals surface area contributed by atoms with E-state index in [4.69, 9.17) is 0 Å². The number of nitrogens with one attached hydrogen (secondary N) is 2. The van der Waals surface area contributed by atoms with Crippen LogP contribution in [-0.4, -0.2) is 28.0 Å². The van der Waals surface area contributed by atoms with Crippen LogP contribution in [0, 0.1) is 11.8 Å². The largest absolute Gasteiger partial charge is 0.354 e. The van der Waals surface area contributed by atoms with Gasteiger partial charge >= 0.3 is 0 Å². The van der Waals surface area contributed by atoms with Crippen LogP contribution in [0.4, 0.5) is 5.95 Å². The number of aromatic nitrogens is 2. The number of anilines is 1. The fourth-order valence-corrected chi connectivity index (χ4v) is 2.50. The SMILES string of the molecule is CC(=O)NC(C)Cc1ccc(C#Cc2cnc(NC3CC3)nc2)cc1. The summed E-state index contributed by atoms with van der Waals surface area (Å²) >= 11 is 0. The van der Waals surface area contributed by atoms with Gasteiger partial charge in [0.1, 0.15) is 0 Å². The summed E-state index contributed by atoms with van der Waals surface area (Å²) in [5.41, 5.74) is 2.91. The highest BCUT2D eigenvalue weighted by Crippen LogP contribution is 2.22. The number of carbonyl (C=O) groups is 1. The van der Waals surface area contributed by atoms with Crippen LogP contribution in [0.1, 0.15) is 43.4 Å². The van der Waals surface area contributed by atoms with E-state index in [1.165, 1.54) is 25.3 Å². The van der Waals surface area contributed by atoms with Crippen LogP contribution in [-0.2, 0) is 11.2 Å². The summed E-state index contributed by atoms with van der Waals surface area (Å²) in [5.74, 6) is 6.88. The number of amides is 1. The Bertz CT molecular complexity index is 783. The zero-order valence-corrected chi connectivity index (χ0v) is 14.5. The average Bonchev–Trinajstić information content (AvgIpc) is 3.39. The Morgan fingerprint density at radius 3 is 2.40 bits per heavy atom. The van der Waals surface area contributed by atoms with E-state index < -0.39 is 0 Å². The van der Waals surface area contributed by atoms with E-state index in [-0.39, 0.29) is 11.9 Å². The lowest BCUT2D eigenvalue weighted by molar-refractivity contribution is -0.119. The Morgan fingerprint density at radius 1 is 1.16 bits per heavy atom. The minimum Gasteiger partial charge on any atom is -0.354 e. The van der Waals surface area contributed by atoms with Crippen LogP contribution in [0.15, 0.2) is 36.7 Å². The van der Waals surface area contributed by atoms with Crippen molar-refractivity contribution < 1.29 is 4.79 Å². The third kappa shape index (κ3) is 5.61. The van der Waals surface area contributed by atoms with E-state index in [0.717, 1.165) is 17.5 Å². The molecule has 1 aromatic carbocycles. The number of hydrogen-bond donors (Lipinski definition) is 2. The summed E-state index contributed by atoms with van der Waals surface area (Å²) in [5, 5.41) is 6.14. The summed E-state index contributed by atoms with van der Waals surface area (Å²) in [4.78, 5) is 19.6. The fraction of sp³-hybridized carbons (Fsp3) is 0.350. The van der Waals surface area contributed by atoms with Crippen molar-refractivity contribution in [3.63, 3.8) is 0 Å². The third-order valence-corrected chi connectivity index (χ3v) is 3.86. The van der Waals surface area contributed by atoms with Crippen LogP contribution < -0.4 is 10.6 Å². The highest BCUT2D eigenvalue weighted by molar-refractivity contribution is 5.73. The van der Waals surface area contributed by atoms with Crippen LogP contribution >= 0.6 is 0 Å². The molecule has 0 radical (unpaired) electrons. The standard InChI is InChI=1S/C20H22N4O/c1-14(23-15(2)25)11-17-6-3-16(4-7-17)5-8-18-12-21-20(22-13-18)24-19-9-10-19/h3-4,6-7,12-14,19H,9-11H2,1-2H3,(H,23,25)(H,21,22,24). The van der Waals surface area contributed by atoms with Crippen molar-refractivity contribution in [2.75, 3.05) is 5.32 Å². The lowest BCUT2D eigenvalue weighted by Gasteiger charge is -2.12. The minimum absolute atomic E-state index is 0.00412. The molecule has 5 nitrogen and oxygen atoms in total. The predicted octanol–water partition coefficient (Wildman–Crippen LogP) is 2.52. The van der Waals surface area contributed by atoms with Gasteiger partial charge in [-0.05, 0) is 43.9 Å². The second kappa shape index (κ2) is 7.80. The molecule has 1 saturated carbocycles. The van der Waals surface area contributed by atoms with Gasteiger partial charge in [0, 0.05) is 37.0 Å². The van der Waals surface area contributed by atoms with E-state index in [1.807, 2.05) is 31.2 Å². The van der Waals surface area contributed by atoms with Crippen LogP contribution in [0.3, 0.4) is 0 Å². The van der Waals surface area contributed by atoms with Gasteiger partial charge in [-0.25, -0.2) is 9.97 Å². The zero-order chi connectivity index (χ0) is 17.6. The normalized spacial score (nSPS) is 14.2. The molecular formula is C20H22N4O. The molecule has 25 heavy (non-hydrogen) atoms. The molecule has 128 valence electrons. The lowest BCUT2D eigenvalue weighted by Crippen LogP contribution is -2.31. The molecule has 0 bridgehead atoms. The first-order chi connectivity index (χ1) is 12.1. The maximum absolute atomic E-state index is 11.1. The molecule has 0 saturated heterocycles. The Morgan fingerprint density at radius 2 is 1.80 bits per heavy atom. The summed E-state index contributed by atoms with van der Waals surface area (Å²) in [6.07, 6.45) is 6.69. The number of rotatable bonds is 5. The molecule has 0 aliphatic heterocycles. The Hall–Kier alpha value is -2.87. The van der Waals surface area contributed by atoms with Crippen molar-refractivity contribution in [2.24, 2.45) is 0 Å². The van der Waals surface area contributed by atoms with Gasteiger partial charge in [-0.2, -0.15) is 0 Å². The number of nitrogens with zero attached hydrogens (tertiary/aromatic N) is 2. The first-order valence-electron chi connectivity index (χ1n) is 8.55. The summed E-state index contributed by atoms with van der Waals surface area (Å²) in [6.45, 7) is 3.53. The Balaban J connectivity index is 1.57. The molecule has 5 heteroatoms. The maximum Gasteiger partial charge on any atom is 0.222 e. The first kappa shape index (κ1) is 17.0. The van der Waals surface area contributed by atoms with Crippen LogP contribution in [0.25, 0.3) is 0 Å². The first-order valence-corrected chi connectivity index (χ1v) is 8.55. The van der Waals surface area contributed by atoms with Gasteiger partial charge in [0.2, 0.25) is 11.9 Å². The maximum atomic E-state index is 11.1.